The molecule has 9 heteroatoms. The van der Waals surface area contributed by atoms with E-state index in [0.717, 1.165) is 12.3 Å². The Hall–Kier alpha value is -1.50. The van der Waals surface area contributed by atoms with Crippen molar-refractivity contribution in [2.45, 2.75) is 5.03 Å². The predicted molar refractivity (Wildman–Crippen MR) is 59.0 cm³/mol. The number of hydrogen-bond donors (Lipinski definition) is 1. The molecule has 0 atom stereocenters. The van der Waals surface area contributed by atoms with E-state index in [1.165, 1.54) is 6.07 Å². The first kappa shape index (κ1) is 13.6. The van der Waals surface area contributed by atoms with E-state index in [1.54, 1.807) is 6.07 Å². The molecule has 0 amide bonds. The smallest absolute Gasteiger partial charge is 0.210 e. The van der Waals surface area contributed by atoms with Crippen molar-refractivity contribution in [3.05, 3.63) is 23.9 Å². The molecular formula is C8H9N3O4S2. The molecule has 1 aromatic rings. The minimum Gasteiger partial charge on any atom is -0.243 e. The summed E-state index contributed by atoms with van der Waals surface area (Å²) >= 11 is 0. The van der Waals surface area contributed by atoms with Gasteiger partial charge in [0.15, 0.2) is 14.9 Å². The van der Waals surface area contributed by atoms with Gasteiger partial charge in [0.05, 0.1) is 17.1 Å². The molecule has 1 rings (SSSR count). The van der Waals surface area contributed by atoms with Crippen molar-refractivity contribution >= 4 is 19.9 Å². The van der Waals surface area contributed by atoms with E-state index < -0.39 is 31.4 Å². The Labute approximate surface area is 98.9 Å². The molecule has 0 saturated carbocycles. The Balaban J connectivity index is 2.94. The molecular weight excluding hydrogens is 266 g/mol. The van der Waals surface area contributed by atoms with E-state index in [-0.39, 0.29) is 10.6 Å². The Bertz CT molecular complexity index is 641. The number of sulfone groups is 1. The number of primary sulfonamides is 1. The third-order valence-corrected chi connectivity index (χ3v) is 4.47. The van der Waals surface area contributed by atoms with E-state index in [0.29, 0.717) is 0 Å². The first-order chi connectivity index (χ1) is 7.74. The lowest BCUT2D eigenvalue weighted by Gasteiger charge is -2.02. The summed E-state index contributed by atoms with van der Waals surface area (Å²) in [4.78, 5) is 3.58. The lowest BCUT2D eigenvalue weighted by molar-refractivity contribution is 0.586. The Morgan fingerprint density at radius 1 is 1.24 bits per heavy atom. The van der Waals surface area contributed by atoms with Crippen molar-refractivity contribution in [1.82, 2.24) is 4.98 Å². The van der Waals surface area contributed by atoms with Crippen molar-refractivity contribution in [1.29, 1.82) is 5.26 Å². The van der Waals surface area contributed by atoms with Gasteiger partial charge in [0, 0.05) is 6.20 Å². The van der Waals surface area contributed by atoms with Gasteiger partial charge >= 0.3 is 0 Å². The lowest BCUT2D eigenvalue weighted by atomic mass is 10.3. The fourth-order valence-electron chi connectivity index (χ4n) is 0.961. The molecule has 92 valence electrons. The fraction of sp³-hybridized carbons (Fsp3) is 0.250. The molecule has 0 spiro atoms. The van der Waals surface area contributed by atoms with Gasteiger partial charge in [-0.05, 0) is 12.1 Å². The second-order valence-electron chi connectivity index (χ2n) is 3.18. The van der Waals surface area contributed by atoms with Gasteiger partial charge in [-0.15, -0.1) is 0 Å². The number of rotatable bonds is 4. The largest absolute Gasteiger partial charge is 0.243 e. The van der Waals surface area contributed by atoms with Gasteiger partial charge in [-0.2, -0.15) is 5.26 Å². The summed E-state index contributed by atoms with van der Waals surface area (Å²) < 4.78 is 44.5. The number of nitrogens with two attached hydrogens (primary N) is 1. The molecule has 0 radical (unpaired) electrons. The van der Waals surface area contributed by atoms with Gasteiger partial charge in [0.2, 0.25) is 10.0 Å². The zero-order valence-electron chi connectivity index (χ0n) is 8.57. The van der Waals surface area contributed by atoms with Crippen LogP contribution in [0, 0.1) is 11.3 Å². The van der Waals surface area contributed by atoms with E-state index in [2.05, 4.69) is 4.98 Å². The molecule has 7 nitrogen and oxygen atoms in total. The molecule has 2 N–H and O–H groups in total. The van der Waals surface area contributed by atoms with E-state index in [1.807, 2.05) is 0 Å². The van der Waals surface area contributed by atoms with E-state index >= 15 is 0 Å². The Morgan fingerprint density at radius 2 is 1.88 bits per heavy atom. The molecule has 1 heterocycles. The average molecular weight is 275 g/mol. The monoisotopic (exact) mass is 275 g/mol. The first-order valence-corrected chi connectivity index (χ1v) is 7.71. The second-order valence-corrected chi connectivity index (χ2v) is 6.97. The van der Waals surface area contributed by atoms with Crippen LogP contribution >= 0.6 is 0 Å². The van der Waals surface area contributed by atoms with E-state index in [4.69, 9.17) is 10.4 Å². The SMILES string of the molecule is N#Cc1ccc(S(=O)(=O)CCS(N)(=O)=O)nc1. The number of nitriles is 1. The second kappa shape index (κ2) is 4.79. The quantitative estimate of drug-likeness (QED) is 0.751. The summed E-state index contributed by atoms with van der Waals surface area (Å²) in [5.74, 6) is -1.30. The summed E-state index contributed by atoms with van der Waals surface area (Å²) in [6.07, 6.45) is 1.10. The molecule has 0 aliphatic carbocycles. The van der Waals surface area contributed by atoms with Crippen molar-refractivity contribution in [3.8, 4) is 6.07 Å². The molecule has 0 aromatic carbocycles. The molecule has 1 aromatic heterocycles. The maximum Gasteiger partial charge on any atom is 0.210 e. The molecule has 17 heavy (non-hydrogen) atoms. The van der Waals surface area contributed by atoms with Gasteiger partial charge in [-0.1, -0.05) is 0 Å². The van der Waals surface area contributed by atoms with Crippen LogP contribution in [0.2, 0.25) is 0 Å². The fourth-order valence-corrected chi connectivity index (χ4v) is 3.47. The van der Waals surface area contributed by atoms with Crippen molar-refractivity contribution in [2.24, 2.45) is 5.14 Å². The van der Waals surface area contributed by atoms with Crippen LogP contribution in [-0.4, -0.2) is 33.3 Å². The van der Waals surface area contributed by atoms with Crippen LogP contribution in [0.5, 0.6) is 0 Å². The minimum absolute atomic E-state index is 0.218. The molecule has 0 unspecified atom stereocenters. The van der Waals surface area contributed by atoms with Crippen LogP contribution in [0.15, 0.2) is 23.4 Å². The van der Waals surface area contributed by atoms with Crippen molar-refractivity contribution in [3.63, 3.8) is 0 Å². The maximum absolute atomic E-state index is 11.6. The number of hydrogen-bond acceptors (Lipinski definition) is 6. The minimum atomic E-state index is -3.84. The van der Waals surface area contributed by atoms with Gasteiger partial charge < -0.3 is 0 Å². The molecule has 0 bridgehead atoms. The maximum atomic E-state index is 11.6. The van der Waals surface area contributed by atoms with Crippen LogP contribution in [0.1, 0.15) is 5.56 Å². The van der Waals surface area contributed by atoms with Gasteiger partial charge in [0.1, 0.15) is 6.07 Å². The standard InChI is InChI=1S/C8H9N3O4S2/c9-5-7-1-2-8(11-6-7)16(12,13)3-4-17(10,14)15/h1-2,6H,3-4H2,(H2,10,14,15). The van der Waals surface area contributed by atoms with Crippen LogP contribution < -0.4 is 5.14 Å². The Kier molecular flexibility index (Phi) is 3.82. The summed E-state index contributed by atoms with van der Waals surface area (Å²) in [6, 6.07) is 4.23. The number of pyridine rings is 1. The highest BCUT2D eigenvalue weighted by Crippen LogP contribution is 2.08. The van der Waals surface area contributed by atoms with Crippen LogP contribution in [-0.2, 0) is 19.9 Å². The highest BCUT2D eigenvalue weighted by Gasteiger charge is 2.18. The zero-order valence-corrected chi connectivity index (χ0v) is 10.2. The third-order valence-electron chi connectivity index (χ3n) is 1.82. The summed E-state index contributed by atoms with van der Waals surface area (Å²) in [6.45, 7) is 0. The highest BCUT2D eigenvalue weighted by atomic mass is 32.2. The van der Waals surface area contributed by atoms with Crippen LogP contribution in [0.4, 0.5) is 0 Å². The lowest BCUT2D eigenvalue weighted by Crippen LogP contribution is -2.23. The highest BCUT2D eigenvalue weighted by molar-refractivity contribution is 7.94. The average Bonchev–Trinajstić information content (AvgIpc) is 2.26. The Morgan fingerprint density at radius 3 is 2.29 bits per heavy atom. The number of nitrogens with zero attached hydrogens (tertiary/aromatic N) is 2. The van der Waals surface area contributed by atoms with Crippen molar-refractivity contribution < 1.29 is 16.8 Å². The number of sulfonamides is 1. The van der Waals surface area contributed by atoms with Crippen molar-refractivity contribution in [2.75, 3.05) is 11.5 Å². The van der Waals surface area contributed by atoms with E-state index in [9.17, 15) is 16.8 Å². The van der Waals surface area contributed by atoms with Crippen LogP contribution in [0.3, 0.4) is 0 Å². The molecule has 0 fully saturated rings. The molecule has 0 aliphatic heterocycles. The summed E-state index contributed by atoms with van der Waals surface area (Å²) in [5, 5.41) is 12.9. The van der Waals surface area contributed by atoms with Crippen LogP contribution in [0.25, 0.3) is 0 Å². The predicted octanol–water partition coefficient (Wildman–Crippen LogP) is -0.985. The van der Waals surface area contributed by atoms with Gasteiger partial charge in [-0.25, -0.2) is 27.0 Å². The summed E-state index contributed by atoms with van der Waals surface area (Å²) in [5.41, 5.74) is 0.218. The first-order valence-electron chi connectivity index (χ1n) is 4.34. The molecule has 0 aliphatic rings. The number of aromatic nitrogens is 1. The zero-order chi connectivity index (χ0) is 13.1. The van der Waals surface area contributed by atoms with Gasteiger partial charge in [0.25, 0.3) is 0 Å². The summed E-state index contributed by atoms with van der Waals surface area (Å²) in [7, 11) is -7.64. The topological polar surface area (TPSA) is 131 Å². The third kappa shape index (κ3) is 4.10. The molecule has 0 saturated heterocycles. The van der Waals surface area contributed by atoms with Gasteiger partial charge in [-0.3, -0.25) is 0 Å². The normalized spacial score (nSPS) is 12.0.